The van der Waals surface area contributed by atoms with Gasteiger partial charge < -0.3 is 9.84 Å². The lowest BCUT2D eigenvalue weighted by Crippen LogP contribution is -2.38. The normalized spacial score (nSPS) is 21.8. The van der Waals surface area contributed by atoms with E-state index in [9.17, 15) is 9.90 Å². The third-order valence-corrected chi connectivity index (χ3v) is 4.15. The van der Waals surface area contributed by atoms with E-state index in [-0.39, 0.29) is 0 Å². The lowest BCUT2D eigenvalue weighted by atomic mass is 9.70. The van der Waals surface area contributed by atoms with Gasteiger partial charge in [0.25, 0.3) is 0 Å². The Kier molecular flexibility index (Phi) is 4.81. The number of benzene rings is 1. The number of hydrogen-bond donors (Lipinski definition) is 1. The highest BCUT2D eigenvalue weighted by Gasteiger charge is 2.40. The molecule has 20 heavy (non-hydrogen) atoms. The molecule has 1 aromatic rings. The summed E-state index contributed by atoms with van der Waals surface area (Å²) in [6.07, 6.45) is 2.80. The van der Waals surface area contributed by atoms with Gasteiger partial charge in [-0.1, -0.05) is 38.1 Å². The molecule has 0 heterocycles. The van der Waals surface area contributed by atoms with Crippen LogP contribution < -0.4 is 0 Å². The summed E-state index contributed by atoms with van der Waals surface area (Å²) >= 11 is 0. The van der Waals surface area contributed by atoms with Crippen LogP contribution in [0.1, 0.15) is 37.8 Å². The molecule has 1 N–H and O–H groups in total. The molecule has 3 nitrogen and oxygen atoms in total. The summed E-state index contributed by atoms with van der Waals surface area (Å²) in [5.74, 6) is -0.192. The number of ether oxygens (including phenoxy) is 1. The Hall–Kier alpha value is -1.35. The Balaban J connectivity index is 2.03. The maximum atomic E-state index is 11.8. The van der Waals surface area contributed by atoms with Crippen LogP contribution in [0.3, 0.4) is 0 Å². The standard InChI is InChI=1S/C17H24O3/c1-13(2)12-20-10-9-17(16(18)19)8-7-14-5-3-4-6-15(14)11-17/h3-6,13H,7-12H2,1-2H3,(H,18,19). The summed E-state index contributed by atoms with van der Waals surface area (Å²) in [5, 5.41) is 9.67. The zero-order valence-corrected chi connectivity index (χ0v) is 12.4. The summed E-state index contributed by atoms with van der Waals surface area (Å²) in [4.78, 5) is 11.8. The Labute approximate surface area is 121 Å². The van der Waals surface area contributed by atoms with E-state index in [1.807, 2.05) is 12.1 Å². The van der Waals surface area contributed by atoms with Crippen LogP contribution in [0.25, 0.3) is 0 Å². The van der Waals surface area contributed by atoms with Gasteiger partial charge in [-0.2, -0.15) is 0 Å². The van der Waals surface area contributed by atoms with E-state index in [0.717, 1.165) is 6.42 Å². The van der Waals surface area contributed by atoms with E-state index in [0.29, 0.717) is 38.4 Å². The Bertz CT molecular complexity index is 467. The fraction of sp³-hybridized carbons (Fsp3) is 0.588. The molecule has 0 saturated heterocycles. The molecule has 0 spiro atoms. The Morgan fingerprint density at radius 2 is 2.05 bits per heavy atom. The first kappa shape index (κ1) is 15.0. The number of aryl methyl sites for hydroxylation is 1. The summed E-state index contributed by atoms with van der Waals surface area (Å²) in [6.45, 7) is 5.44. The van der Waals surface area contributed by atoms with Crippen molar-refractivity contribution in [2.45, 2.75) is 39.5 Å². The largest absolute Gasteiger partial charge is 0.481 e. The fourth-order valence-corrected chi connectivity index (χ4v) is 2.89. The van der Waals surface area contributed by atoms with Crippen molar-refractivity contribution in [3.8, 4) is 0 Å². The minimum atomic E-state index is -0.680. The number of hydrogen-bond acceptors (Lipinski definition) is 2. The summed E-state index contributed by atoms with van der Waals surface area (Å²) in [5.41, 5.74) is 1.84. The van der Waals surface area contributed by atoms with Crippen LogP contribution in [-0.4, -0.2) is 24.3 Å². The fourth-order valence-electron chi connectivity index (χ4n) is 2.89. The lowest BCUT2D eigenvalue weighted by Gasteiger charge is -2.34. The van der Waals surface area contributed by atoms with Crippen molar-refractivity contribution < 1.29 is 14.6 Å². The Morgan fingerprint density at radius 3 is 2.70 bits per heavy atom. The molecule has 0 aromatic heterocycles. The second-order valence-corrected chi connectivity index (χ2v) is 6.25. The first-order valence-electron chi connectivity index (χ1n) is 7.41. The summed E-state index contributed by atoms with van der Waals surface area (Å²) < 4.78 is 5.60. The predicted molar refractivity (Wildman–Crippen MR) is 78.8 cm³/mol. The second kappa shape index (κ2) is 6.40. The van der Waals surface area contributed by atoms with E-state index < -0.39 is 11.4 Å². The van der Waals surface area contributed by atoms with Crippen molar-refractivity contribution in [3.63, 3.8) is 0 Å². The van der Waals surface area contributed by atoms with Gasteiger partial charge in [0.1, 0.15) is 0 Å². The van der Waals surface area contributed by atoms with Gasteiger partial charge in [-0.3, -0.25) is 4.79 Å². The van der Waals surface area contributed by atoms with Crippen molar-refractivity contribution in [1.82, 2.24) is 0 Å². The number of aliphatic carboxylic acids is 1. The Morgan fingerprint density at radius 1 is 1.35 bits per heavy atom. The number of fused-ring (bicyclic) bond motifs is 1. The third kappa shape index (κ3) is 3.40. The average molecular weight is 276 g/mol. The molecule has 110 valence electrons. The van der Waals surface area contributed by atoms with E-state index in [1.165, 1.54) is 11.1 Å². The molecule has 3 heteroatoms. The van der Waals surface area contributed by atoms with Crippen molar-refractivity contribution in [2.75, 3.05) is 13.2 Å². The number of rotatable bonds is 6. The molecule has 1 unspecified atom stereocenters. The molecule has 0 aliphatic heterocycles. The highest BCUT2D eigenvalue weighted by Crippen LogP contribution is 2.38. The van der Waals surface area contributed by atoms with Gasteiger partial charge in [-0.15, -0.1) is 0 Å². The molecule has 0 bridgehead atoms. The molecular formula is C17H24O3. The maximum absolute atomic E-state index is 11.8. The molecule has 0 fully saturated rings. The molecule has 2 rings (SSSR count). The number of carbonyl (C=O) groups is 1. The van der Waals surface area contributed by atoms with E-state index in [4.69, 9.17) is 4.74 Å². The lowest BCUT2D eigenvalue weighted by molar-refractivity contribution is -0.151. The topological polar surface area (TPSA) is 46.5 Å². The van der Waals surface area contributed by atoms with Crippen LogP contribution in [-0.2, 0) is 22.4 Å². The summed E-state index contributed by atoms with van der Waals surface area (Å²) in [6, 6.07) is 8.18. The first-order chi connectivity index (χ1) is 9.53. The van der Waals surface area contributed by atoms with Crippen LogP contribution >= 0.6 is 0 Å². The van der Waals surface area contributed by atoms with Crippen LogP contribution in [0.5, 0.6) is 0 Å². The van der Waals surface area contributed by atoms with Crippen LogP contribution in [0, 0.1) is 11.3 Å². The van der Waals surface area contributed by atoms with Gasteiger partial charge in [0, 0.05) is 13.2 Å². The number of carboxylic acid groups (broad SMARTS) is 1. The summed E-state index contributed by atoms with van der Waals surface area (Å²) in [7, 11) is 0. The van der Waals surface area contributed by atoms with E-state index in [1.54, 1.807) is 0 Å². The average Bonchev–Trinajstić information content (AvgIpc) is 2.43. The molecule has 1 aliphatic rings. The van der Waals surface area contributed by atoms with Gasteiger partial charge >= 0.3 is 5.97 Å². The smallest absolute Gasteiger partial charge is 0.310 e. The van der Waals surface area contributed by atoms with E-state index >= 15 is 0 Å². The van der Waals surface area contributed by atoms with Crippen LogP contribution in [0.4, 0.5) is 0 Å². The van der Waals surface area contributed by atoms with Crippen LogP contribution in [0.2, 0.25) is 0 Å². The van der Waals surface area contributed by atoms with Gasteiger partial charge in [0.2, 0.25) is 0 Å². The van der Waals surface area contributed by atoms with Crippen molar-refractivity contribution in [2.24, 2.45) is 11.3 Å². The van der Waals surface area contributed by atoms with Gasteiger partial charge in [0.05, 0.1) is 5.41 Å². The van der Waals surface area contributed by atoms with Crippen molar-refractivity contribution in [3.05, 3.63) is 35.4 Å². The minimum absolute atomic E-state index is 0.489. The second-order valence-electron chi connectivity index (χ2n) is 6.25. The highest BCUT2D eigenvalue weighted by atomic mass is 16.5. The number of carboxylic acids is 1. The molecule has 1 aromatic carbocycles. The SMILES string of the molecule is CC(C)COCCC1(C(=O)O)CCc2ccccc2C1. The molecule has 0 saturated carbocycles. The van der Waals surface area contributed by atoms with Gasteiger partial charge in [0.15, 0.2) is 0 Å². The first-order valence-corrected chi connectivity index (χ1v) is 7.41. The maximum Gasteiger partial charge on any atom is 0.310 e. The van der Waals surface area contributed by atoms with Gasteiger partial charge in [-0.25, -0.2) is 0 Å². The monoisotopic (exact) mass is 276 g/mol. The highest BCUT2D eigenvalue weighted by molar-refractivity contribution is 5.75. The molecule has 0 amide bonds. The van der Waals surface area contributed by atoms with Crippen LogP contribution in [0.15, 0.2) is 24.3 Å². The molecule has 1 aliphatic carbocycles. The van der Waals surface area contributed by atoms with Crippen molar-refractivity contribution in [1.29, 1.82) is 0 Å². The zero-order valence-electron chi connectivity index (χ0n) is 12.4. The van der Waals surface area contributed by atoms with Gasteiger partial charge in [-0.05, 0) is 42.7 Å². The molecule has 1 atom stereocenters. The van der Waals surface area contributed by atoms with Crippen molar-refractivity contribution >= 4 is 5.97 Å². The predicted octanol–water partition coefficient (Wildman–Crippen LogP) is 3.31. The van der Waals surface area contributed by atoms with E-state index in [2.05, 4.69) is 26.0 Å². The zero-order chi connectivity index (χ0) is 14.6. The molecule has 0 radical (unpaired) electrons. The quantitative estimate of drug-likeness (QED) is 0.811. The minimum Gasteiger partial charge on any atom is -0.481 e. The third-order valence-electron chi connectivity index (χ3n) is 4.15. The molecular weight excluding hydrogens is 252 g/mol.